The molecule has 2 aliphatic carbocycles. The van der Waals surface area contributed by atoms with Crippen LogP contribution in [0.1, 0.15) is 58.3 Å². The lowest BCUT2D eigenvalue weighted by Gasteiger charge is -2.39. The topological polar surface area (TPSA) is 40.5 Å². The van der Waals surface area contributed by atoms with E-state index in [0.29, 0.717) is 17.5 Å². The molecule has 3 heteroatoms. The Morgan fingerprint density at radius 3 is 2.35 bits per heavy atom. The maximum absolute atomic E-state index is 10.4. The summed E-state index contributed by atoms with van der Waals surface area (Å²) in [6.45, 7) is 2.16. The van der Waals surface area contributed by atoms with Crippen LogP contribution in [0.5, 0.6) is 0 Å². The molecule has 2 aliphatic rings. The van der Waals surface area contributed by atoms with Gasteiger partial charge in [-0.1, -0.05) is 32.6 Å². The molecule has 100 valence electrons. The van der Waals surface area contributed by atoms with Crippen molar-refractivity contribution in [1.82, 2.24) is 0 Å². The summed E-state index contributed by atoms with van der Waals surface area (Å²) in [4.78, 5) is 10.4. The van der Waals surface area contributed by atoms with Crippen LogP contribution >= 0.6 is 8.15 Å². The summed E-state index contributed by atoms with van der Waals surface area (Å²) in [7, 11) is -0.784. The average molecular weight is 258 g/mol. The summed E-state index contributed by atoms with van der Waals surface area (Å²) in [5.41, 5.74) is 0.524. The second kappa shape index (κ2) is 6.50. The molecule has 0 radical (unpaired) electrons. The standard InChI is InChI=1S/C14H27O2P/c1-2-10-17(16)14-9-4-3-6-12(14)11-7-5-8-13(11)15/h11-16H,2-10H2,1H3. The van der Waals surface area contributed by atoms with Gasteiger partial charge in [0.25, 0.3) is 0 Å². The van der Waals surface area contributed by atoms with Crippen molar-refractivity contribution in [2.24, 2.45) is 11.8 Å². The van der Waals surface area contributed by atoms with Gasteiger partial charge in [-0.2, -0.15) is 0 Å². The van der Waals surface area contributed by atoms with E-state index in [9.17, 15) is 10.00 Å². The van der Waals surface area contributed by atoms with Crippen LogP contribution in [0.4, 0.5) is 0 Å². The van der Waals surface area contributed by atoms with Crippen LogP contribution in [0.15, 0.2) is 0 Å². The first kappa shape index (κ1) is 13.8. The van der Waals surface area contributed by atoms with Crippen LogP contribution in [0.25, 0.3) is 0 Å². The lowest BCUT2D eigenvalue weighted by molar-refractivity contribution is 0.0841. The third-order valence-corrected chi connectivity index (χ3v) is 7.01. The van der Waals surface area contributed by atoms with Crippen LogP contribution in [0, 0.1) is 11.8 Å². The van der Waals surface area contributed by atoms with Gasteiger partial charge < -0.3 is 10.00 Å². The number of hydrogen-bond acceptors (Lipinski definition) is 2. The predicted octanol–water partition coefficient (Wildman–Crippen LogP) is 3.51. The molecule has 2 rings (SSSR count). The Balaban J connectivity index is 2.00. The molecule has 0 spiro atoms. The monoisotopic (exact) mass is 258 g/mol. The van der Waals surface area contributed by atoms with Crippen molar-refractivity contribution in [3.63, 3.8) is 0 Å². The van der Waals surface area contributed by atoms with E-state index in [4.69, 9.17) is 0 Å². The van der Waals surface area contributed by atoms with E-state index >= 15 is 0 Å². The first-order valence-corrected chi connectivity index (χ1v) is 8.92. The van der Waals surface area contributed by atoms with Gasteiger partial charge in [-0.25, -0.2) is 0 Å². The van der Waals surface area contributed by atoms with E-state index in [1.54, 1.807) is 0 Å². The SMILES string of the molecule is CCCP(O)C1CCCCC1C1CCCC1O. The van der Waals surface area contributed by atoms with Gasteiger partial charge in [0, 0.05) is 13.8 Å². The molecule has 0 aromatic heterocycles. The van der Waals surface area contributed by atoms with E-state index < -0.39 is 8.15 Å². The van der Waals surface area contributed by atoms with Gasteiger partial charge in [-0.3, -0.25) is 0 Å². The second-order valence-corrected chi connectivity index (χ2v) is 7.83. The average Bonchev–Trinajstić information content (AvgIpc) is 2.76. The van der Waals surface area contributed by atoms with Gasteiger partial charge in [-0.15, -0.1) is 0 Å². The summed E-state index contributed by atoms with van der Waals surface area (Å²) in [5, 5.41) is 10.1. The summed E-state index contributed by atoms with van der Waals surface area (Å²) in [5.74, 6) is 1.11. The minimum Gasteiger partial charge on any atom is -0.393 e. The Morgan fingerprint density at radius 2 is 1.71 bits per heavy atom. The number of hydrogen-bond donors (Lipinski definition) is 2. The third-order valence-electron chi connectivity index (χ3n) is 4.70. The summed E-state index contributed by atoms with van der Waals surface area (Å²) >= 11 is 0. The summed E-state index contributed by atoms with van der Waals surface area (Å²) < 4.78 is 0. The molecule has 0 bridgehead atoms. The first-order chi connectivity index (χ1) is 8.24. The fourth-order valence-electron chi connectivity index (χ4n) is 3.87. The van der Waals surface area contributed by atoms with Gasteiger partial charge in [0.15, 0.2) is 0 Å². The van der Waals surface area contributed by atoms with E-state index in [1.165, 1.54) is 38.5 Å². The molecule has 0 aromatic carbocycles. The van der Waals surface area contributed by atoms with Crippen LogP contribution in [-0.2, 0) is 0 Å². The van der Waals surface area contributed by atoms with E-state index in [1.807, 2.05) is 0 Å². The Hall–Kier alpha value is 0.350. The summed E-state index contributed by atoms with van der Waals surface area (Å²) in [6, 6.07) is 0. The fourth-order valence-corrected chi connectivity index (χ4v) is 5.96. The quantitative estimate of drug-likeness (QED) is 0.758. The Morgan fingerprint density at radius 1 is 1.00 bits per heavy atom. The molecule has 0 saturated heterocycles. The highest BCUT2D eigenvalue weighted by atomic mass is 31.1. The molecular weight excluding hydrogens is 231 g/mol. The zero-order valence-corrected chi connectivity index (χ0v) is 11.9. The van der Waals surface area contributed by atoms with Crippen LogP contribution in [0.2, 0.25) is 0 Å². The van der Waals surface area contributed by atoms with Gasteiger partial charge in [0.1, 0.15) is 0 Å². The van der Waals surface area contributed by atoms with Crippen molar-refractivity contribution >= 4 is 8.15 Å². The number of aliphatic hydroxyl groups is 1. The molecule has 2 fully saturated rings. The fraction of sp³-hybridized carbons (Fsp3) is 1.00. The minimum atomic E-state index is -0.784. The van der Waals surface area contributed by atoms with Crippen molar-refractivity contribution < 1.29 is 10.00 Å². The normalized spacial score (nSPS) is 40.4. The highest BCUT2D eigenvalue weighted by Gasteiger charge is 2.40. The molecular formula is C14H27O2P. The van der Waals surface area contributed by atoms with Crippen LogP contribution < -0.4 is 0 Å². The van der Waals surface area contributed by atoms with E-state index in [0.717, 1.165) is 19.0 Å². The smallest absolute Gasteiger partial charge is 0.0571 e. The molecule has 2 N–H and O–H groups in total. The van der Waals surface area contributed by atoms with Gasteiger partial charge in [0.2, 0.25) is 0 Å². The van der Waals surface area contributed by atoms with Gasteiger partial charge in [-0.05, 0) is 43.7 Å². The van der Waals surface area contributed by atoms with E-state index in [-0.39, 0.29) is 6.10 Å². The lowest BCUT2D eigenvalue weighted by Crippen LogP contribution is -2.34. The maximum Gasteiger partial charge on any atom is 0.0571 e. The predicted molar refractivity (Wildman–Crippen MR) is 73.4 cm³/mol. The third kappa shape index (κ3) is 3.22. The molecule has 0 heterocycles. The molecule has 0 aliphatic heterocycles. The van der Waals surface area contributed by atoms with Crippen molar-refractivity contribution in [1.29, 1.82) is 0 Å². The molecule has 2 saturated carbocycles. The van der Waals surface area contributed by atoms with Gasteiger partial charge >= 0.3 is 0 Å². The Labute approximate surface area is 107 Å². The molecule has 0 aromatic rings. The highest BCUT2D eigenvalue weighted by Crippen LogP contribution is 2.52. The zero-order valence-electron chi connectivity index (χ0n) is 11.0. The van der Waals surface area contributed by atoms with Crippen molar-refractivity contribution in [2.75, 3.05) is 6.16 Å². The Bertz CT molecular complexity index is 234. The number of rotatable bonds is 4. The first-order valence-electron chi connectivity index (χ1n) is 7.37. The molecule has 17 heavy (non-hydrogen) atoms. The van der Waals surface area contributed by atoms with Gasteiger partial charge in [0.05, 0.1) is 6.10 Å². The second-order valence-electron chi connectivity index (χ2n) is 5.84. The molecule has 5 atom stereocenters. The van der Waals surface area contributed by atoms with Crippen molar-refractivity contribution in [3.8, 4) is 0 Å². The summed E-state index contributed by atoms with van der Waals surface area (Å²) in [6.07, 6.45) is 10.4. The molecule has 5 unspecified atom stereocenters. The van der Waals surface area contributed by atoms with Crippen LogP contribution in [-0.4, -0.2) is 27.9 Å². The minimum absolute atomic E-state index is 0.0781. The van der Waals surface area contributed by atoms with E-state index in [2.05, 4.69) is 6.92 Å². The van der Waals surface area contributed by atoms with Crippen LogP contribution in [0.3, 0.4) is 0 Å². The largest absolute Gasteiger partial charge is 0.393 e. The Kier molecular flexibility index (Phi) is 5.26. The van der Waals surface area contributed by atoms with Crippen molar-refractivity contribution in [2.45, 2.75) is 70.1 Å². The molecule has 2 nitrogen and oxygen atoms in total. The maximum atomic E-state index is 10.4. The zero-order chi connectivity index (χ0) is 12.3. The molecule has 0 amide bonds. The number of aliphatic hydroxyl groups excluding tert-OH is 1. The highest BCUT2D eigenvalue weighted by molar-refractivity contribution is 7.52. The lowest BCUT2D eigenvalue weighted by atomic mass is 9.78. The van der Waals surface area contributed by atoms with Crippen molar-refractivity contribution in [3.05, 3.63) is 0 Å².